The van der Waals surface area contributed by atoms with Gasteiger partial charge in [-0.2, -0.15) is 0 Å². The topological polar surface area (TPSA) is 0 Å². The van der Waals surface area contributed by atoms with Crippen molar-refractivity contribution in [3.05, 3.63) is 41.0 Å². The monoisotopic (exact) mass is 172 g/mol. The van der Waals surface area contributed by atoms with Crippen LogP contribution in [0.5, 0.6) is 0 Å². The molecule has 1 unspecified atom stereocenters. The van der Waals surface area contributed by atoms with Crippen molar-refractivity contribution in [3.63, 3.8) is 0 Å². The van der Waals surface area contributed by atoms with E-state index in [4.69, 9.17) is 0 Å². The van der Waals surface area contributed by atoms with Gasteiger partial charge in [-0.1, -0.05) is 36.8 Å². The smallest absolute Gasteiger partial charge is 0.0188 e. The van der Waals surface area contributed by atoms with Gasteiger partial charge in [-0.15, -0.1) is 0 Å². The van der Waals surface area contributed by atoms with Crippen LogP contribution in [0.1, 0.15) is 31.9 Å². The fourth-order valence-electron chi connectivity index (χ4n) is 2.13. The van der Waals surface area contributed by atoms with Crippen molar-refractivity contribution >= 4 is 5.57 Å². The van der Waals surface area contributed by atoms with E-state index in [2.05, 4.69) is 45.0 Å². The summed E-state index contributed by atoms with van der Waals surface area (Å²) in [6.07, 6.45) is 1.21. The molecule has 0 aliphatic heterocycles. The quantitative estimate of drug-likeness (QED) is 0.560. The molecule has 0 nitrogen and oxygen atoms in total. The van der Waals surface area contributed by atoms with Crippen molar-refractivity contribution in [2.45, 2.75) is 27.2 Å². The molecular formula is C13H16. The Balaban J connectivity index is 2.59. The minimum Gasteiger partial charge on any atom is -0.0666 e. The molecule has 68 valence electrons. The summed E-state index contributed by atoms with van der Waals surface area (Å²) in [5.74, 6) is 0.717. The van der Waals surface area contributed by atoms with Crippen LogP contribution in [-0.2, 0) is 6.42 Å². The number of hydrogen-bond donors (Lipinski definition) is 0. The molecule has 0 saturated heterocycles. The summed E-state index contributed by atoms with van der Waals surface area (Å²) >= 11 is 0. The fraction of sp³-hybridized carbons (Fsp3) is 0.385. The molecular weight excluding hydrogens is 156 g/mol. The van der Waals surface area contributed by atoms with Gasteiger partial charge in [-0.3, -0.25) is 0 Å². The molecule has 1 aliphatic carbocycles. The largest absolute Gasteiger partial charge is 0.0666 e. The Morgan fingerprint density at radius 1 is 1.15 bits per heavy atom. The first-order chi connectivity index (χ1) is 6.20. The van der Waals surface area contributed by atoms with E-state index in [0.29, 0.717) is 0 Å². The fourth-order valence-corrected chi connectivity index (χ4v) is 2.13. The normalized spacial score (nSPS) is 21.6. The minimum atomic E-state index is 0.717. The zero-order chi connectivity index (χ0) is 9.42. The number of hydrogen-bond acceptors (Lipinski definition) is 0. The van der Waals surface area contributed by atoms with Gasteiger partial charge in [0.15, 0.2) is 0 Å². The molecule has 0 spiro atoms. The molecule has 1 aliphatic rings. The van der Waals surface area contributed by atoms with E-state index >= 15 is 0 Å². The molecule has 13 heavy (non-hydrogen) atoms. The van der Waals surface area contributed by atoms with Crippen molar-refractivity contribution in [2.24, 2.45) is 5.92 Å². The molecule has 0 amide bonds. The number of allylic oxidation sites excluding steroid dienone is 2. The van der Waals surface area contributed by atoms with Crippen LogP contribution in [0.25, 0.3) is 5.57 Å². The highest BCUT2D eigenvalue weighted by Gasteiger charge is 2.17. The maximum Gasteiger partial charge on any atom is -0.0188 e. The molecule has 2 rings (SSSR count). The molecule has 0 heterocycles. The van der Waals surface area contributed by atoms with Crippen LogP contribution < -0.4 is 0 Å². The van der Waals surface area contributed by atoms with E-state index in [1.807, 2.05) is 0 Å². The molecule has 1 atom stereocenters. The Bertz CT molecular complexity index is 358. The third kappa shape index (κ3) is 1.31. The number of rotatable bonds is 0. The van der Waals surface area contributed by atoms with Gasteiger partial charge in [0.1, 0.15) is 0 Å². The minimum absolute atomic E-state index is 0.717. The highest BCUT2D eigenvalue weighted by molar-refractivity contribution is 5.71. The van der Waals surface area contributed by atoms with Gasteiger partial charge in [0.25, 0.3) is 0 Å². The first-order valence-corrected chi connectivity index (χ1v) is 4.96. The molecule has 1 aromatic rings. The predicted octanol–water partition coefficient (Wildman–Crippen LogP) is 3.67. The van der Waals surface area contributed by atoms with Gasteiger partial charge in [-0.05, 0) is 42.9 Å². The molecule has 0 N–H and O–H groups in total. The highest BCUT2D eigenvalue weighted by Crippen LogP contribution is 2.33. The predicted molar refractivity (Wildman–Crippen MR) is 57.6 cm³/mol. The van der Waals surface area contributed by atoms with Crippen molar-refractivity contribution in [1.82, 2.24) is 0 Å². The van der Waals surface area contributed by atoms with Crippen LogP contribution >= 0.6 is 0 Å². The van der Waals surface area contributed by atoms with Crippen LogP contribution in [0, 0.1) is 5.92 Å². The Kier molecular flexibility index (Phi) is 1.99. The third-order valence-corrected chi connectivity index (χ3v) is 3.28. The molecule has 0 fully saturated rings. The summed E-state index contributed by atoms with van der Waals surface area (Å²) in [5, 5.41) is 0. The van der Waals surface area contributed by atoms with E-state index in [1.54, 1.807) is 5.57 Å². The van der Waals surface area contributed by atoms with Gasteiger partial charge in [0.2, 0.25) is 0 Å². The highest BCUT2D eigenvalue weighted by atomic mass is 14.2. The van der Waals surface area contributed by atoms with Gasteiger partial charge in [0, 0.05) is 0 Å². The lowest BCUT2D eigenvalue weighted by Crippen LogP contribution is -2.10. The number of benzene rings is 1. The summed E-state index contributed by atoms with van der Waals surface area (Å²) in [6, 6.07) is 8.76. The number of fused-ring (bicyclic) bond motifs is 1. The Morgan fingerprint density at radius 2 is 1.85 bits per heavy atom. The third-order valence-electron chi connectivity index (χ3n) is 3.28. The Hall–Kier alpha value is -1.04. The molecule has 0 aromatic heterocycles. The second kappa shape index (κ2) is 3.02. The van der Waals surface area contributed by atoms with Crippen molar-refractivity contribution < 1.29 is 0 Å². The van der Waals surface area contributed by atoms with E-state index in [-0.39, 0.29) is 0 Å². The van der Waals surface area contributed by atoms with Gasteiger partial charge < -0.3 is 0 Å². The molecule has 1 aromatic carbocycles. The van der Waals surface area contributed by atoms with Crippen LogP contribution in [0.4, 0.5) is 0 Å². The standard InChI is InChI=1S/C13H16/c1-9-8-12-6-4-5-7-13(12)11(3)10(9)2/h4-7,9H,8H2,1-3H3. The van der Waals surface area contributed by atoms with E-state index in [1.165, 1.54) is 23.1 Å². The van der Waals surface area contributed by atoms with Crippen molar-refractivity contribution in [3.8, 4) is 0 Å². The van der Waals surface area contributed by atoms with Gasteiger partial charge in [-0.25, -0.2) is 0 Å². The van der Waals surface area contributed by atoms with Crippen LogP contribution in [0.15, 0.2) is 29.8 Å². The second-order valence-electron chi connectivity index (χ2n) is 4.07. The first-order valence-electron chi connectivity index (χ1n) is 4.96. The summed E-state index contributed by atoms with van der Waals surface area (Å²) < 4.78 is 0. The molecule has 0 heteroatoms. The van der Waals surface area contributed by atoms with Crippen molar-refractivity contribution in [2.75, 3.05) is 0 Å². The van der Waals surface area contributed by atoms with Crippen LogP contribution in [0.3, 0.4) is 0 Å². The summed E-state index contributed by atoms with van der Waals surface area (Å²) in [6.45, 7) is 6.81. The van der Waals surface area contributed by atoms with Crippen LogP contribution in [-0.4, -0.2) is 0 Å². The lowest BCUT2D eigenvalue weighted by molar-refractivity contribution is 0.667. The van der Waals surface area contributed by atoms with Gasteiger partial charge >= 0.3 is 0 Å². The molecule has 0 bridgehead atoms. The second-order valence-corrected chi connectivity index (χ2v) is 4.07. The zero-order valence-electron chi connectivity index (χ0n) is 8.59. The van der Waals surface area contributed by atoms with E-state index < -0.39 is 0 Å². The summed E-state index contributed by atoms with van der Waals surface area (Å²) in [4.78, 5) is 0. The Labute approximate surface area is 80.3 Å². The van der Waals surface area contributed by atoms with E-state index in [0.717, 1.165) is 5.92 Å². The Morgan fingerprint density at radius 3 is 2.62 bits per heavy atom. The average Bonchev–Trinajstić information content (AvgIpc) is 2.15. The molecule has 0 saturated carbocycles. The summed E-state index contributed by atoms with van der Waals surface area (Å²) in [7, 11) is 0. The first kappa shape index (κ1) is 8.55. The maximum atomic E-state index is 2.31. The summed E-state index contributed by atoms with van der Waals surface area (Å²) in [5.41, 5.74) is 6.00. The lowest BCUT2D eigenvalue weighted by Gasteiger charge is -2.24. The zero-order valence-corrected chi connectivity index (χ0v) is 8.59. The van der Waals surface area contributed by atoms with Crippen LogP contribution in [0.2, 0.25) is 0 Å². The van der Waals surface area contributed by atoms with Gasteiger partial charge in [0.05, 0.1) is 0 Å². The molecule has 0 radical (unpaired) electrons. The maximum absolute atomic E-state index is 2.31. The van der Waals surface area contributed by atoms with E-state index in [9.17, 15) is 0 Å². The lowest BCUT2D eigenvalue weighted by atomic mass is 9.81. The SMILES string of the molecule is CC1=C(C)C(C)Cc2ccccc21. The average molecular weight is 172 g/mol. The van der Waals surface area contributed by atoms with Crippen molar-refractivity contribution in [1.29, 1.82) is 0 Å².